The molecule has 3 amide bonds. The summed E-state index contributed by atoms with van der Waals surface area (Å²) in [6.07, 6.45) is 6.55. The fraction of sp³-hybridized carbons (Fsp3) is 0.622. The molecule has 3 saturated heterocycles. The Morgan fingerprint density at radius 1 is 1.17 bits per heavy atom. The molecule has 8 atom stereocenters. The van der Waals surface area contributed by atoms with Gasteiger partial charge in [-0.05, 0) is 57.9 Å². The Kier molecular flexibility index (Phi) is 12.4. The molecule has 258 valence electrons. The maximum Gasteiger partial charge on any atom is 0.313 e. The van der Waals surface area contributed by atoms with Crippen molar-refractivity contribution in [2.75, 3.05) is 26.7 Å². The summed E-state index contributed by atoms with van der Waals surface area (Å²) in [5, 5.41) is 9.48. The van der Waals surface area contributed by atoms with Crippen molar-refractivity contribution < 1.29 is 33.8 Å². The van der Waals surface area contributed by atoms with Crippen LogP contribution in [0.4, 0.5) is 0 Å². The summed E-state index contributed by atoms with van der Waals surface area (Å²) < 4.78 is 12.9. The summed E-state index contributed by atoms with van der Waals surface area (Å²) in [5.74, 6) is -2.90. The Balaban J connectivity index is 1.68. The van der Waals surface area contributed by atoms with Crippen LogP contribution in [0.2, 0.25) is 0 Å². The van der Waals surface area contributed by atoms with E-state index in [1.165, 1.54) is 0 Å². The van der Waals surface area contributed by atoms with Crippen molar-refractivity contribution in [3.8, 4) is 0 Å². The summed E-state index contributed by atoms with van der Waals surface area (Å²) in [7, 11) is 1.70. The lowest BCUT2D eigenvalue weighted by Crippen LogP contribution is -2.58. The summed E-state index contributed by atoms with van der Waals surface area (Å²) in [6.45, 7) is 14.1. The smallest absolute Gasteiger partial charge is 0.313 e. The van der Waals surface area contributed by atoms with E-state index < -0.39 is 47.7 Å². The van der Waals surface area contributed by atoms with Crippen molar-refractivity contribution in [1.29, 1.82) is 0 Å². The monoisotopic (exact) mass is 651 g/mol. The van der Waals surface area contributed by atoms with Crippen molar-refractivity contribution in [3.63, 3.8) is 0 Å². The first-order chi connectivity index (χ1) is 22.6. The minimum Gasteiger partial charge on any atom is -0.455 e. The first kappa shape index (κ1) is 36.3. The van der Waals surface area contributed by atoms with Crippen LogP contribution in [0.3, 0.4) is 0 Å². The van der Waals surface area contributed by atoms with Crippen LogP contribution >= 0.6 is 0 Å². The van der Waals surface area contributed by atoms with Gasteiger partial charge in [0.1, 0.15) is 17.7 Å². The molecule has 3 aliphatic rings. The zero-order valence-electron chi connectivity index (χ0n) is 28.5. The van der Waals surface area contributed by atoms with Gasteiger partial charge in [-0.1, -0.05) is 55.8 Å². The van der Waals surface area contributed by atoms with Crippen LogP contribution in [-0.2, 0) is 28.7 Å². The molecular formula is C37H53N3O7. The van der Waals surface area contributed by atoms with Crippen molar-refractivity contribution in [2.24, 2.45) is 11.8 Å². The number of likely N-dealkylation sites (tertiary alicyclic amines) is 1. The number of hydrogen-bond donors (Lipinski definition) is 1. The van der Waals surface area contributed by atoms with E-state index in [1.54, 1.807) is 33.9 Å². The molecule has 1 N–H and O–H groups in total. The molecule has 0 saturated carbocycles. The standard InChI is InChI=1S/C37H53N3O7/c1-7-10-19-29(42)38(6)26(5)32(27-17-12-11-13-18-27)46-36(45)30-28-20-21-37(47-28)31(30)34(43)40(23-14-15-24-41)33(37)35(44)39(22-9-3)25(4)16-8-2/h7,9,11-13,17-18,25-26,28,30-33,41H,1,3,8,10,14-16,19-24H2,2,4-6H3/t25?,26-,28-,30+,31+,32+,33-,37+/m0/s1. The van der Waals surface area contributed by atoms with E-state index in [2.05, 4.69) is 20.1 Å². The molecule has 0 aromatic heterocycles. The maximum atomic E-state index is 14.5. The Labute approximate surface area is 279 Å². The third-order valence-electron chi connectivity index (χ3n) is 10.3. The highest BCUT2D eigenvalue weighted by Crippen LogP contribution is 2.59. The molecule has 1 aromatic carbocycles. The predicted octanol–water partition coefficient (Wildman–Crippen LogP) is 4.43. The zero-order chi connectivity index (χ0) is 34.3. The van der Waals surface area contributed by atoms with Gasteiger partial charge in [0.15, 0.2) is 0 Å². The molecular weight excluding hydrogens is 598 g/mol. The van der Waals surface area contributed by atoms with Crippen molar-refractivity contribution in [2.45, 2.75) is 108 Å². The molecule has 2 bridgehead atoms. The van der Waals surface area contributed by atoms with E-state index in [0.717, 1.165) is 18.4 Å². The van der Waals surface area contributed by atoms with E-state index in [-0.39, 0.29) is 36.9 Å². The third kappa shape index (κ3) is 7.18. The number of benzene rings is 1. The van der Waals surface area contributed by atoms with Crippen molar-refractivity contribution >= 4 is 23.7 Å². The van der Waals surface area contributed by atoms with Gasteiger partial charge in [0.25, 0.3) is 0 Å². The topological polar surface area (TPSA) is 117 Å². The molecule has 4 rings (SSSR count). The SMILES string of the molecule is C=CCCC(=O)N(C)[C@@H](C)[C@@H](OC(=O)[C@@H]1[C@@H]2CC[C@]3(O2)[C@H](C(=O)N(CC=C)C(C)CCC)N(CCCCO)C(=O)[C@@H]13)c1ccccc1. The van der Waals surface area contributed by atoms with Crippen LogP contribution in [0.1, 0.15) is 83.8 Å². The maximum absolute atomic E-state index is 14.5. The molecule has 3 heterocycles. The number of allylic oxidation sites excluding steroid dienone is 1. The second kappa shape index (κ2) is 16.1. The molecule has 3 fully saturated rings. The Morgan fingerprint density at radius 2 is 1.89 bits per heavy atom. The number of rotatable bonds is 18. The van der Waals surface area contributed by atoms with Gasteiger partial charge in [0.2, 0.25) is 17.7 Å². The van der Waals surface area contributed by atoms with Gasteiger partial charge in [-0.15, -0.1) is 13.2 Å². The van der Waals surface area contributed by atoms with E-state index >= 15 is 0 Å². The second-order valence-electron chi connectivity index (χ2n) is 13.3. The van der Waals surface area contributed by atoms with Gasteiger partial charge >= 0.3 is 5.97 Å². The molecule has 1 unspecified atom stereocenters. The number of amides is 3. The highest BCUT2D eigenvalue weighted by atomic mass is 16.6. The number of hydrogen-bond acceptors (Lipinski definition) is 7. The van der Waals surface area contributed by atoms with Crippen LogP contribution in [-0.4, -0.2) is 100 Å². The number of unbranched alkanes of at least 4 members (excludes halogenated alkanes) is 1. The molecule has 47 heavy (non-hydrogen) atoms. The number of aliphatic hydroxyl groups is 1. The molecule has 0 radical (unpaired) electrons. The average Bonchev–Trinajstić information content (AvgIpc) is 3.71. The quantitative estimate of drug-likeness (QED) is 0.142. The molecule has 10 nitrogen and oxygen atoms in total. The Morgan fingerprint density at radius 3 is 2.53 bits per heavy atom. The largest absolute Gasteiger partial charge is 0.455 e. The molecule has 1 spiro atoms. The lowest BCUT2D eigenvalue weighted by molar-refractivity contribution is -0.164. The Bertz CT molecular complexity index is 1290. The number of carbonyl (C=O) groups excluding carboxylic acids is 4. The molecule has 3 aliphatic heterocycles. The summed E-state index contributed by atoms with van der Waals surface area (Å²) in [4.78, 5) is 61.1. The highest BCUT2D eigenvalue weighted by Gasteiger charge is 2.75. The summed E-state index contributed by atoms with van der Waals surface area (Å²) in [6, 6.07) is 7.84. The zero-order valence-corrected chi connectivity index (χ0v) is 28.5. The number of aliphatic hydroxyl groups excluding tert-OH is 1. The van der Waals surface area contributed by atoms with Crippen molar-refractivity contribution in [3.05, 3.63) is 61.2 Å². The number of ether oxygens (including phenoxy) is 2. The fourth-order valence-electron chi connectivity index (χ4n) is 7.82. The van der Waals surface area contributed by atoms with E-state index in [0.29, 0.717) is 45.1 Å². The van der Waals surface area contributed by atoms with Crippen molar-refractivity contribution in [1.82, 2.24) is 14.7 Å². The first-order valence-corrected chi connectivity index (χ1v) is 17.2. The summed E-state index contributed by atoms with van der Waals surface area (Å²) in [5.41, 5.74) is -0.421. The van der Waals surface area contributed by atoms with E-state index in [9.17, 15) is 24.3 Å². The van der Waals surface area contributed by atoms with Crippen LogP contribution < -0.4 is 0 Å². The predicted molar refractivity (Wildman–Crippen MR) is 179 cm³/mol. The van der Waals surface area contributed by atoms with Crippen LogP contribution in [0.5, 0.6) is 0 Å². The van der Waals surface area contributed by atoms with E-state index in [4.69, 9.17) is 9.47 Å². The van der Waals surface area contributed by atoms with Crippen LogP contribution in [0.25, 0.3) is 0 Å². The second-order valence-corrected chi connectivity index (χ2v) is 13.3. The lowest BCUT2D eigenvalue weighted by Gasteiger charge is -2.39. The third-order valence-corrected chi connectivity index (χ3v) is 10.3. The number of esters is 1. The molecule has 0 aliphatic carbocycles. The number of carbonyl (C=O) groups is 4. The highest BCUT2D eigenvalue weighted by molar-refractivity contribution is 5.98. The van der Waals surface area contributed by atoms with Gasteiger partial charge in [-0.3, -0.25) is 19.2 Å². The number of nitrogens with zero attached hydrogens (tertiary/aromatic N) is 3. The average molecular weight is 652 g/mol. The minimum atomic E-state index is -1.15. The number of fused-ring (bicyclic) bond motifs is 1. The number of likely N-dealkylation sites (N-methyl/N-ethyl adjacent to an activating group) is 1. The fourth-order valence-corrected chi connectivity index (χ4v) is 7.82. The van der Waals surface area contributed by atoms with Gasteiger partial charge in [0, 0.05) is 39.2 Å². The van der Waals surface area contributed by atoms with E-state index in [1.807, 2.05) is 44.2 Å². The molecule has 1 aromatic rings. The van der Waals surface area contributed by atoms with Crippen LogP contribution in [0.15, 0.2) is 55.6 Å². The molecule has 10 heteroatoms. The Hall–Kier alpha value is -3.50. The first-order valence-electron chi connectivity index (χ1n) is 17.2. The minimum absolute atomic E-state index is 0.0253. The van der Waals surface area contributed by atoms with Gasteiger partial charge in [-0.2, -0.15) is 0 Å². The summed E-state index contributed by atoms with van der Waals surface area (Å²) >= 11 is 0. The normalized spacial score (nSPS) is 26.3. The van der Waals surface area contributed by atoms with Crippen LogP contribution in [0, 0.1) is 11.8 Å². The lowest BCUT2D eigenvalue weighted by atomic mass is 9.70. The van der Waals surface area contributed by atoms with Gasteiger partial charge in [0.05, 0.1) is 24.0 Å². The van der Waals surface area contributed by atoms with Gasteiger partial charge in [-0.25, -0.2) is 0 Å². The van der Waals surface area contributed by atoms with Gasteiger partial charge < -0.3 is 29.3 Å².